The summed E-state index contributed by atoms with van der Waals surface area (Å²) in [6.07, 6.45) is 1.02. The van der Waals surface area contributed by atoms with Gasteiger partial charge >= 0.3 is 0 Å². The van der Waals surface area contributed by atoms with E-state index in [-0.39, 0.29) is 24.0 Å². The smallest absolute Gasteiger partial charge is 0.191 e. The van der Waals surface area contributed by atoms with E-state index in [9.17, 15) is 0 Å². The zero-order valence-electron chi connectivity index (χ0n) is 10.3. The molecular formula is C11H19BrIN3S. The minimum absolute atomic E-state index is 0. The van der Waals surface area contributed by atoms with E-state index >= 15 is 0 Å². The van der Waals surface area contributed by atoms with Gasteiger partial charge in [0, 0.05) is 24.5 Å². The van der Waals surface area contributed by atoms with Crippen molar-refractivity contribution < 1.29 is 0 Å². The normalized spacial score (nSPS) is 11.2. The third kappa shape index (κ3) is 7.25. The molecule has 0 radical (unpaired) electrons. The molecule has 0 bridgehead atoms. The van der Waals surface area contributed by atoms with E-state index in [1.54, 1.807) is 18.4 Å². The first-order valence-corrected chi connectivity index (χ1v) is 6.94. The third-order valence-electron chi connectivity index (χ3n) is 1.94. The monoisotopic (exact) mass is 431 g/mol. The lowest BCUT2D eigenvalue weighted by Crippen LogP contribution is -2.41. The summed E-state index contributed by atoms with van der Waals surface area (Å²) in [6.45, 7) is 5.10. The van der Waals surface area contributed by atoms with Crippen LogP contribution in [0.5, 0.6) is 0 Å². The minimum Gasteiger partial charge on any atom is -0.356 e. The average molecular weight is 432 g/mol. The topological polar surface area (TPSA) is 36.4 Å². The molecule has 0 aromatic carbocycles. The minimum atomic E-state index is 0. The van der Waals surface area contributed by atoms with Crippen LogP contribution in [0.25, 0.3) is 0 Å². The predicted octanol–water partition coefficient (Wildman–Crippen LogP) is 3.24. The average Bonchev–Trinajstić information content (AvgIpc) is 2.62. The van der Waals surface area contributed by atoms with Crippen molar-refractivity contribution in [2.45, 2.75) is 26.3 Å². The summed E-state index contributed by atoms with van der Waals surface area (Å²) < 4.78 is 1.19. The van der Waals surface area contributed by atoms with Crippen LogP contribution in [-0.4, -0.2) is 25.6 Å². The molecule has 1 aromatic heterocycles. The molecule has 2 N–H and O–H groups in total. The number of guanidine groups is 1. The third-order valence-corrected chi connectivity index (χ3v) is 3.63. The van der Waals surface area contributed by atoms with Crippen LogP contribution in [0.15, 0.2) is 20.9 Å². The van der Waals surface area contributed by atoms with Crippen molar-refractivity contribution in [1.29, 1.82) is 0 Å². The summed E-state index contributed by atoms with van der Waals surface area (Å²) in [7, 11) is 1.79. The van der Waals surface area contributed by atoms with Gasteiger partial charge in [-0.1, -0.05) is 0 Å². The molecule has 6 heteroatoms. The summed E-state index contributed by atoms with van der Waals surface area (Å²) in [6, 6.07) is 4.64. The highest BCUT2D eigenvalue weighted by Gasteiger charge is 2.01. The molecule has 1 heterocycles. The predicted molar refractivity (Wildman–Crippen MR) is 90.8 cm³/mol. The van der Waals surface area contributed by atoms with E-state index in [2.05, 4.69) is 57.5 Å². The number of thiophene rings is 1. The molecule has 17 heavy (non-hydrogen) atoms. The Morgan fingerprint density at radius 2 is 2.18 bits per heavy atom. The molecule has 0 saturated heterocycles. The Kier molecular flexibility index (Phi) is 9.25. The van der Waals surface area contributed by atoms with Gasteiger partial charge in [-0.15, -0.1) is 35.3 Å². The summed E-state index contributed by atoms with van der Waals surface area (Å²) in [5.41, 5.74) is 0. The highest BCUT2D eigenvalue weighted by atomic mass is 127. The van der Waals surface area contributed by atoms with Crippen LogP contribution < -0.4 is 10.6 Å². The first kappa shape index (κ1) is 17.2. The zero-order chi connectivity index (χ0) is 12.0. The Morgan fingerprint density at radius 1 is 1.47 bits per heavy atom. The molecule has 1 rings (SSSR count). The van der Waals surface area contributed by atoms with Crippen molar-refractivity contribution >= 4 is 57.2 Å². The quantitative estimate of drug-likeness (QED) is 0.436. The van der Waals surface area contributed by atoms with Gasteiger partial charge in [-0.2, -0.15) is 0 Å². The maximum absolute atomic E-state index is 4.15. The number of halogens is 2. The lowest BCUT2D eigenvalue weighted by molar-refractivity contribution is 0.699. The fourth-order valence-corrected chi connectivity index (χ4v) is 2.74. The fraction of sp³-hybridized carbons (Fsp3) is 0.545. The van der Waals surface area contributed by atoms with E-state index in [0.717, 1.165) is 18.9 Å². The second kappa shape index (κ2) is 9.16. The van der Waals surface area contributed by atoms with E-state index in [1.807, 2.05) is 0 Å². The van der Waals surface area contributed by atoms with Gasteiger partial charge in [0.25, 0.3) is 0 Å². The maximum Gasteiger partial charge on any atom is 0.191 e. The molecular weight excluding hydrogens is 413 g/mol. The van der Waals surface area contributed by atoms with Crippen LogP contribution in [0.1, 0.15) is 18.7 Å². The number of aliphatic imine (C=N–C) groups is 1. The van der Waals surface area contributed by atoms with Crippen molar-refractivity contribution in [2.75, 3.05) is 13.6 Å². The Labute approximate surface area is 133 Å². The number of nitrogens with one attached hydrogen (secondary N) is 2. The van der Waals surface area contributed by atoms with Gasteiger partial charge < -0.3 is 10.6 Å². The molecule has 0 unspecified atom stereocenters. The molecule has 0 atom stereocenters. The molecule has 0 aliphatic carbocycles. The van der Waals surface area contributed by atoms with Gasteiger partial charge in [-0.3, -0.25) is 4.99 Å². The molecule has 1 aromatic rings. The van der Waals surface area contributed by atoms with Gasteiger partial charge in [0.15, 0.2) is 5.96 Å². The number of nitrogens with zero attached hydrogens (tertiary/aromatic N) is 1. The molecule has 0 spiro atoms. The van der Waals surface area contributed by atoms with Gasteiger partial charge in [0.1, 0.15) is 0 Å². The molecule has 0 amide bonds. The van der Waals surface area contributed by atoms with E-state index < -0.39 is 0 Å². The summed E-state index contributed by atoms with van der Waals surface area (Å²) in [4.78, 5) is 5.53. The van der Waals surface area contributed by atoms with Gasteiger partial charge in [0.05, 0.1) is 3.79 Å². The summed E-state index contributed by atoms with van der Waals surface area (Å²) >= 11 is 5.24. The van der Waals surface area contributed by atoms with E-state index in [4.69, 9.17) is 0 Å². The Hall–Kier alpha value is 0.180. The second-order valence-corrected chi connectivity index (χ2v) is 6.30. The molecule has 0 saturated carbocycles. The fourth-order valence-electron chi connectivity index (χ4n) is 1.26. The van der Waals surface area contributed by atoms with Gasteiger partial charge in [0.2, 0.25) is 0 Å². The molecule has 0 aliphatic rings. The van der Waals surface area contributed by atoms with Crippen LogP contribution in [0.3, 0.4) is 0 Å². The SMILES string of the molecule is CN=C(NCCc1ccc(Br)s1)NC(C)C.I. The Bertz CT molecular complexity index is 352. The Balaban J connectivity index is 0.00000256. The standard InChI is InChI=1S/C11H18BrN3S.HI/c1-8(2)15-11(13-3)14-7-6-9-4-5-10(12)16-9;/h4-5,8H,6-7H2,1-3H3,(H2,13,14,15);1H. The van der Waals surface area contributed by atoms with Crippen LogP contribution >= 0.6 is 51.2 Å². The highest BCUT2D eigenvalue weighted by molar-refractivity contribution is 14.0. The highest BCUT2D eigenvalue weighted by Crippen LogP contribution is 2.21. The van der Waals surface area contributed by atoms with Gasteiger partial charge in [-0.05, 0) is 48.3 Å². The summed E-state index contributed by atoms with van der Waals surface area (Å²) in [5.74, 6) is 0.866. The largest absolute Gasteiger partial charge is 0.356 e. The second-order valence-electron chi connectivity index (χ2n) is 3.75. The number of hydrogen-bond donors (Lipinski definition) is 2. The van der Waals surface area contributed by atoms with Crippen molar-refractivity contribution in [1.82, 2.24) is 10.6 Å². The van der Waals surface area contributed by atoms with Crippen molar-refractivity contribution in [3.05, 3.63) is 20.8 Å². The van der Waals surface area contributed by atoms with Crippen molar-refractivity contribution in [3.8, 4) is 0 Å². The lowest BCUT2D eigenvalue weighted by atomic mass is 10.3. The molecule has 3 nitrogen and oxygen atoms in total. The van der Waals surface area contributed by atoms with Crippen LogP contribution in [-0.2, 0) is 6.42 Å². The van der Waals surface area contributed by atoms with Gasteiger partial charge in [-0.25, -0.2) is 0 Å². The van der Waals surface area contributed by atoms with E-state index in [0.29, 0.717) is 6.04 Å². The van der Waals surface area contributed by atoms with Crippen molar-refractivity contribution in [2.24, 2.45) is 4.99 Å². The number of rotatable bonds is 4. The van der Waals surface area contributed by atoms with Crippen LogP contribution in [0, 0.1) is 0 Å². The first-order valence-electron chi connectivity index (χ1n) is 5.33. The summed E-state index contributed by atoms with van der Waals surface area (Å²) in [5, 5.41) is 6.54. The van der Waals surface area contributed by atoms with Crippen LogP contribution in [0.4, 0.5) is 0 Å². The van der Waals surface area contributed by atoms with Crippen molar-refractivity contribution in [3.63, 3.8) is 0 Å². The molecule has 0 aliphatic heterocycles. The maximum atomic E-state index is 4.15. The van der Waals surface area contributed by atoms with E-state index in [1.165, 1.54) is 8.66 Å². The first-order chi connectivity index (χ1) is 7.61. The zero-order valence-corrected chi connectivity index (χ0v) is 15.0. The molecule has 0 fully saturated rings. The van der Waals surface area contributed by atoms with Crippen LogP contribution in [0.2, 0.25) is 0 Å². The Morgan fingerprint density at radius 3 is 2.65 bits per heavy atom. The molecule has 98 valence electrons. The lowest BCUT2D eigenvalue weighted by Gasteiger charge is -2.13. The number of hydrogen-bond acceptors (Lipinski definition) is 2.